The van der Waals surface area contributed by atoms with E-state index in [1.807, 2.05) is 0 Å². The van der Waals surface area contributed by atoms with Crippen LogP contribution < -0.4 is 4.74 Å². The zero-order valence-electron chi connectivity index (χ0n) is 10.2. The zero-order chi connectivity index (χ0) is 14.4. The highest BCUT2D eigenvalue weighted by Crippen LogP contribution is 2.27. The summed E-state index contributed by atoms with van der Waals surface area (Å²) < 4.78 is 5.25. The smallest absolute Gasteiger partial charge is 0.305 e. The molecule has 0 atom stereocenters. The van der Waals surface area contributed by atoms with Crippen LogP contribution >= 0.6 is 23.2 Å². The van der Waals surface area contributed by atoms with Crippen molar-refractivity contribution < 1.29 is 19.4 Å². The van der Waals surface area contributed by atoms with Gasteiger partial charge in [-0.1, -0.05) is 23.2 Å². The lowest BCUT2D eigenvalue weighted by Gasteiger charge is -2.16. The highest BCUT2D eigenvalue weighted by atomic mass is 35.5. The van der Waals surface area contributed by atoms with Gasteiger partial charge in [0.05, 0.1) is 11.4 Å². The molecule has 0 radical (unpaired) electrons. The van der Waals surface area contributed by atoms with Crippen LogP contribution in [0, 0.1) is 0 Å². The molecule has 7 heteroatoms. The van der Waals surface area contributed by atoms with Gasteiger partial charge in [0.1, 0.15) is 5.75 Å². The minimum Gasteiger partial charge on any atom is -0.482 e. The van der Waals surface area contributed by atoms with Crippen LogP contribution in [0.4, 0.5) is 0 Å². The van der Waals surface area contributed by atoms with Gasteiger partial charge < -0.3 is 14.7 Å². The standard InChI is InChI=1S/C12H13Cl2NO4/c1-15(5-4-12(17)18)11(16)7-19-10-6-8(13)2-3-9(10)14/h2-3,6H,4-5,7H2,1H3,(H,17,18). The molecule has 19 heavy (non-hydrogen) atoms. The summed E-state index contributed by atoms with van der Waals surface area (Å²) in [6.07, 6.45) is -0.111. The van der Waals surface area contributed by atoms with Crippen molar-refractivity contribution in [2.75, 3.05) is 20.2 Å². The highest BCUT2D eigenvalue weighted by molar-refractivity contribution is 6.34. The number of benzene rings is 1. The van der Waals surface area contributed by atoms with Crippen molar-refractivity contribution >= 4 is 35.1 Å². The third-order valence-corrected chi connectivity index (χ3v) is 2.88. The number of likely N-dealkylation sites (N-methyl/N-ethyl adjacent to an activating group) is 1. The molecule has 0 aliphatic rings. The maximum Gasteiger partial charge on any atom is 0.305 e. The van der Waals surface area contributed by atoms with E-state index in [2.05, 4.69) is 0 Å². The number of hydrogen-bond donors (Lipinski definition) is 1. The molecule has 1 aromatic rings. The van der Waals surface area contributed by atoms with Crippen LogP contribution in [0.1, 0.15) is 6.42 Å². The average Bonchev–Trinajstić information content (AvgIpc) is 2.36. The number of carbonyl (C=O) groups excluding carboxylic acids is 1. The molecule has 0 spiro atoms. The highest BCUT2D eigenvalue weighted by Gasteiger charge is 2.12. The van der Waals surface area contributed by atoms with Gasteiger partial charge in [0, 0.05) is 24.7 Å². The van der Waals surface area contributed by atoms with Crippen molar-refractivity contribution in [2.24, 2.45) is 0 Å². The van der Waals surface area contributed by atoms with E-state index in [0.29, 0.717) is 15.8 Å². The van der Waals surface area contributed by atoms with Gasteiger partial charge >= 0.3 is 5.97 Å². The number of amides is 1. The second-order valence-electron chi connectivity index (χ2n) is 3.82. The fourth-order valence-electron chi connectivity index (χ4n) is 1.23. The van der Waals surface area contributed by atoms with Crippen LogP contribution in [-0.4, -0.2) is 42.1 Å². The third kappa shape index (κ3) is 5.36. The fourth-order valence-corrected chi connectivity index (χ4v) is 1.56. The van der Waals surface area contributed by atoms with E-state index in [4.69, 9.17) is 33.0 Å². The molecule has 0 saturated carbocycles. The quantitative estimate of drug-likeness (QED) is 0.876. The molecule has 0 heterocycles. The first-order chi connectivity index (χ1) is 8.90. The molecular weight excluding hydrogens is 293 g/mol. The lowest BCUT2D eigenvalue weighted by Crippen LogP contribution is -2.33. The maximum absolute atomic E-state index is 11.7. The maximum atomic E-state index is 11.7. The first-order valence-corrected chi connectivity index (χ1v) is 6.19. The molecule has 0 bridgehead atoms. The van der Waals surface area contributed by atoms with Crippen LogP contribution in [0.3, 0.4) is 0 Å². The molecule has 0 unspecified atom stereocenters. The fraction of sp³-hybridized carbons (Fsp3) is 0.333. The third-order valence-electron chi connectivity index (χ3n) is 2.33. The second-order valence-corrected chi connectivity index (χ2v) is 4.67. The normalized spacial score (nSPS) is 10.1. The topological polar surface area (TPSA) is 66.8 Å². The van der Waals surface area contributed by atoms with E-state index in [-0.39, 0.29) is 25.5 Å². The van der Waals surface area contributed by atoms with Crippen molar-refractivity contribution in [2.45, 2.75) is 6.42 Å². The van der Waals surface area contributed by atoms with Crippen LogP contribution in [0.15, 0.2) is 18.2 Å². The largest absolute Gasteiger partial charge is 0.482 e. The number of carboxylic acid groups (broad SMARTS) is 1. The molecule has 1 N–H and O–H groups in total. The lowest BCUT2D eigenvalue weighted by molar-refractivity contribution is -0.138. The Labute approximate surface area is 120 Å². The minimum atomic E-state index is -0.960. The molecule has 1 aromatic carbocycles. The van der Waals surface area contributed by atoms with E-state index in [1.165, 1.54) is 18.0 Å². The summed E-state index contributed by atoms with van der Waals surface area (Å²) in [5.74, 6) is -0.982. The summed E-state index contributed by atoms with van der Waals surface area (Å²) >= 11 is 11.7. The molecular formula is C12H13Cl2NO4. The lowest BCUT2D eigenvalue weighted by atomic mass is 10.3. The summed E-state index contributed by atoms with van der Waals surface area (Å²) in [4.78, 5) is 23.3. The number of carboxylic acids is 1. The molecule has 0 aromatic heterocycles. The van der Waals surface area contributed by atoms with Crippen LogP contribution in [-0.2, 0) is 9.59 Å². The average molecular weight is 306 g/mol. The van der Waals surface area contributed by atoms with Crippen molar-refractivity contribution in [1.82, 2.24) is 4.90 Å². The first kappa shape index (κ1) is 15.6. The Kier molecular flexibility index (Phi) is 5.92. The summed E-state index contributed by atoms with van der Waals surface area (Å²) in [7, 11) is 1.51. The molecule has 104 valence electrons. The number of rotatable bonds is 6. The van der Waals surface area contributed by atoms with Gasteiger partial charge in [-0.2, -0.15) is 0 Å². The zero-order valence-corrected chi connectivity index (χ0v) is 11.7. The molecule has 1 rings (SSSR count). The molecule has 0 aliphatic heterocycles. The Bertz CT molecular complexity index is 479. The molecule has 5 nitrogen and oxygen atoms in total. The number of carbonyl (C=O) groups is 2. The first-order valence-electron chi connectivity index (χ1n) is 5.43. The van der Waals surface area contributed by atoms with E-state index < -0.39 is 5.97 Å². The molecule has 0 fully saturated rings. The number of aliphatic carboxylic acids is 1. The van der Waals surface area contributed by atoms with Crippen molar-refractivity contribution in [3.63, 3.8) is 0 Å². The van der Waals surface area contributed by atoms with Crippen molar-refractivity contribution in [3.8, 4) is 5.75 Å². The van der Waals surface area contributed by atoms with Crippen molar-refractivity contribution in [3.05, 3.63) is 28.2 Å². The number of ether oxygens (including phenoxy) is 1. The molecule has 1 amide bonds. The number of hydrogen-bond acceptors (Lipinski definition) is 3. The number of nitrogens with zero attached hydrogens (tertiary/aromatic N) is 1. The summed E-state index contributed by atoms with van der Waals surface area (Å²) in [6, 6.07) is 4.68. The summed E-state index contributed by atoms with van der Waals surface area (Å²) in [5, 5.41) is 9.32. The van der Waals surface area contributed by atoms with Gasteiger partial charge in [-0.25, -0.2) is 0 Å². The Morgan fingerprint density at radius 2 is 2.05 bits per heavy atom. The summed E-state index contributed by atoms with van der Waals surface area (Å²) in [5.41, 5.74) is 0. The van der Waals surface area contributed by atoms with Crippen LogP contribution in [0.25, 0.3) is 0 Å². The predicted molar refractivity (Wildman–Crippen MR) is 71.8 cm³/mol. The monoisotopic (exact) mass is 305 g/mol. The van der Waals surface area contributed by atoms with Gasteiger partial charge in [-0.3, -0.25) is 9.59 Å². The predicted octanol–water partition coefficient (Wildman–Crippen LogP) is 2.31. The van der Waals surface area contributed by atoms with Gasteiger partial charge in [-0.15, -0.1) is 0 Å². The number of halogens is 2. The Balaban J connectivity index is 2.49. The Morgan fingerprint density at radius 1 is 1.37 bits per heavy atom. The Hall–Kier alpha value is -1.46. The van der Waals surface area contributed by atoms with Gasteiger partial charge in [-0.05, 0) is 12.1 Å². The van der Waals surface area contributed by atoms with E-state index in [9.17, 15) is 9.59 Å². The Morgan fingerprint density at radius 3 is 2.68 bits per heavy atom. The van der Waals surface area contributed by atoms with E-state index in [1.54, 1.807) is 12.1 Å². The van der Waals surface area contributed by atoms with Gasteiger partial charge in [0.25, 0.3) is 5.91 Å². The van der Waals surface area contributed by atoms with Crippen LogP contribution in [0.5, 0.6) is 5.75 Å². The SMILES string of the molecule is CN(CCC(=O)O)C(=O)COc1cc(Cl)ccc1Cl. The van der Waals surface area contributed by atoms with Gasteiger partial charge in [0.15, 0.2) is 6.61 Å². The second kappa shape index (κ2) is 7.21. The minimum absolute atomic E-state index is 0.111. The molecule has 0 saturated heterocycles. The van der Waals surface area contributed by atoms with Crippen LogP contribution in [0.2, 0.25) is 10.0 Å². The summed E-state index contributed by atoms with van der Waals surface area (Å²) in [6.45, 7) is -0.100. The molecule has 0 aliphatic carbocycles. The van der Waals surface area contributed by atoms with Crippen molar-refractivity contribution in [1.29, 1.82) is 0 Å². The van der Waals surface area contributed by atoms with Gasteiger partial charge in [0.2, 0.25) is 0 Å². The van der Waals surface area contributed by atoms with E-state index >= 15 is 0 Å². The van der Waals surface area contributed by atoms with E-state index in [0.717, 1.165) is 0 Å².